The second-order valence-corrected chi connectivity index (χ2v) is 4.45. The van der Waals surface area contributed by atoms with Crippen molar-refractivity contribution >= 4 is 16.8 Å². The summed E-state index contributed by atoms with van der Waals surface area (Å²) in [7, 11) is -1.26. The molecule has 1 aromatic heterocycles. The molecule has 0 saturated heterocycles. The Morgan fingerprint density at radius 1 is 1.65 bits per heavy atom. The molecule has 0 aliphatic carbocycles. The van der Waals surface area contributed by atoms with Crippen molar-refractivity contribution in [3.8, 4) is 5.88 Å². The Morgan fingerprint density at radius 2 is 2.41 bits per heavy atom. The quantitative estimate of drug-likeness (QED) is 0.576. The predicted octanol–water partition coefficient (Wildman–Crippen LogP) is 0.789. The summed E-state index contributed by atoms with van der Waals surface area (Å²) in [6.45, 7) is 2.23. The molecule has 2 rings (SSSR count). The van der Waals surface area contributed by atoms with E-state index < -0.39 is 16.8 Å². The summed E-state index contributed by atoms with van der Waals surface area (Å²) in [4.78, 5) is 19.3. The monoisotopic (exact) mass is 258 g/mol. The minimum Gasteiger partial charge on any atom is -0.476 e. The highest BCUT2D eigenvalue weighted by molar-refractivity contribution is 7.84. The van der Waals surface area contributed by atoms with Crippen molar-refractivity contribution in [2.45, 2.75) is 19.5 Å². The lowest BCUT2D eigenvalue weighted by Gasteiger charge is -2.05. The molecule has 1 aromatic rings. The van der Waals surface area contributed by atoms with Gasteiger partial charge >= 0.3 is 5.97 Å². The van der Waals surface area contributed by atoms with Crippen LogP contribution in [0.3, 0.4) is 0 Å². The van der Waals surface area contributed by atoms with Crippen LogP contribution in [0.25, 0.3) is 0 Å². The zero-order chi connectivity index (χ0) is 11.5. The first-order chi connectivity index (χ1) is 7.72. The van der Waals surface area contributed by atoms with Crippen LogP contribution >= 0.6 is 0 Å². The van der Waals surface area contributed by atoms with Gasteiger partial charge in [-0.2, -0.15) is 4.98 Å². The number of nitrogens with zero attached hydrogens (tertiary/aromatic N) is 2. The van der Waals surface area contributed by atoms with Gasteiger partial charge in [0.05, 0.1) is 29.4 Å². The third-order valence-corrected chi connectivity index (χ3v) is 3.08. The van der Waals surface area contributed by atoms with Gasteiger partial charge in [-0.3, -0.25) is 4.21 Å². The van der Waals surface area contributed by atoms with Gasteiger partial charge in [-0.05, 0) is 6.92 Å². The second kappa shape index (κ2) is 5.72. The van der Waals surface area contributed by atoms with Gasteiger partial charge in [-0.1, -0.05) is 7.43 Å². The summed E-state index contributed by atoms with van der Waals surface area (Å²) in [5, 5.41) is 0.195. The maximum atomic E-state index is 11.5. The van der Waals surface area contributed by atoms with E-state index in [1.807, 2.05) is 0 Å². The summed E-state index contributed by atoms with van der Waals surface area (Å²) < 4.78 is 21.5. The molecule has 0 aromatic carbocycles. The maximum absolute atomic E-state index is 11.5. The van der Waals surface area contributed by atoms with Crippen LogP contribution in [0.4, 0.5) is 0 Å². The smallest absolute Gasteiger partial charge is 0.345 e. The topological polar surface area (TPSA) is 78.4 Å². The Morgan fingerprint density at radius 3 is 3.12 bits per heavy atom. The van der Waals surface area contributed by atoms with E-state index in [1.165, 1.54) is 6.20 Å². The molecule has 1 unspecified atom stereocenters. The van der Waals surface area contributed by atoms with Gasteiger partial charge in [0, 0.05) is 0 Å². The van der Waals surface area contributed by atoms with Crippen molar-refractivity contribution in [1.29, 1.82) is 0 Å². The van der Waals surface area contributed by atoms with Gasteiger partial charge in [0.1, 0.15) is 12.2 Å². The van der Waals surface area contributed by atoms with Crippen molar-refractivity contribution in [2.24, 2.45) is 0 Å². The van der Waals surface area contributed by atoms with Gasteiger partial charge in [0.15, 0.2) is 0 Å². The SMILES string of the molecule is C.CCOC(=O)c1cnc2nc1OCCS2=O. The fourth-order valence-corrected chi connectivity index (χ4v) is 2.00. The first-order valence-corrected chi connectivity index (χ1v) is 6.09. The van der Waals surface area contributed by atoms with Crippen molar-refractivity contribution in [1.82, 2.24) is 9.97 Å². The highest BCUT2D eigenvalue weighted by atomic mass is 32.2. The van der Waals surface area contributed by atoms with E-state index >= 15 is 0 Å². The molecule has 0 N–H and O–H groups in total. The Kier molecular flexibility index (Phi) is 4.56. The van der Waals surface area contributed by atoms with Crippen LogP contribution in [0.15, 0.2) is 11.4 Å². The van der Waals surface area contributed by atoms with E-state index in [9.17, 15) is 9.00 Å². The predicted molar refractivity (Wildman–Crippen MR) is 61.5 cm³/mol. The van der Waals surface area contributed by atoms with Gasteiger partial charge in [-0.25, -0.2) is 9.78 Å². The molecule has 94 valence electrons. The van der Waals surface area contributed by atoms with Crippen LogP contribution in [0, 0.1) is 0 Å². The summed E-state index contributed by atoms with van der Waals surface area (Å²) >= 11 is 0. The molecule has 0 saturated carbocycles. The van der Waals surface area contributed by atoms with E-state index in [0.717, 1.165) is 0 Å². The lowest BCUT2D eigenvalue weighted by atomic mass is 10.3. The van der Waals surface area contributed by atoms with E-state index in [1.54, 1.807) is 6.92 Å². The molecule has 1 aliphatic heterocycles. The lowest BCUT2D eigenvalue weighted by Crippen LogP contribution is -2.09. The number of carbonyl (C=O) groups excluding carboxylic acids is 1. The zero-order valence-corrected chi connectivity index (χ0v) is 9.45. The fourth-order valence-electron chi connectivity index (χ4n) is 1.22. The third kappa shape index (κ3) is 2.79. The maximum Gasteiger partial charge on any atom is 0.345 e. The number of aromatic nitrogens is 2. The van der Waals surface area contributed by atoms with Crippen LogP contribution in [-0.2, 0) is 15.5 Å². The second-order valence-electron chi connectivity index (χ2n) is 2.99. The van der Waals surface area contributed by atoms with Crippen molar-refractivity contribution < 1.29 is 18.5 Å². The molecular formula is C10H14N2O4S. The number of rotatable bonds is 2. The van der Waals surface area contributed by atoms with Gasteiger partial charge < -0.3 is 9.47 Å². The molecule has 17 heavy (non-hydrogen) atoms. The van der Waals surface area contributed by atoms with Crippen LogP contribution in [0.5, 0.6) is 5.88 Å². The number of ether oxygens (including phenoxy) is 2. The lowest BCUT2D eigenvalue weighted by molar-refractivity contribution is 0.0520. The summed E-state index contributed by atoms with van der Waals surface area (Å²) in [5.74, 6) is -0.0542. The highest BCUT2D eigenvalue weighted by Crippen LogP contribution is 2.19. The minimum atomic E-state index is -1.26. The summed E-state index contributed by atoms with van der Waals surface area (Å²) in [6.07, 6.45) is 1.29. The summed E-state index contributed by atoms with van der Waals surface area (Å²) in [6, 6.07) is 0. The van der Waals surface area contributed by atoms with Crippen molar-refractivity contribution in [3.05, 3.63) is 11.8 Å². The number of carbonyl (C=O) groups is 1. The standard InChI is InChI=1S/C9H10N2O4S.CH4/c1-2-14-8(12)6-5-10-9-11-7(6)15-3-4-16(9)13;/h5H,2-4H2,1H3;1H4. The Labute approximate surface area is 102 Å². The average Bonchev–Trinajstić information content (AvgIpc) is 2.41. The number of hydrogen-bond acceptors (Lipinski definition) is 6. The van der Waals surface area contributed by atoms with Crippen LogP contribution in [0.2, 0.25) is 0 Å². The molecule has 2 heterocycles. The molecule has 1 aliphatic rings. The minimum absolute atomic E-state index is 0. The largest absolute Gasteiger partial charge is 0.476 e. The van der Waals surface area contributed by atoms with E-state index in [0.29, 0.717) is 5.75 Å². The number of esters is 1. The number of fused-ring (bicyclic) bond motifs is 2. The highest BCUT2D eigenvalue weighted by Gasteiger charge is 2.22. The van der Waals surface area contributed by atoms with Gasteiger partial charge in [0.25, 0.3) is 0 Å². The first-order valence-electron chi connectivity index (χ1n) is 4.77. The van der Waals surface area contributed by atoms with E-state index in [2.05, 4.69) is 9.97 Å². The van der Waals surface area contributed by atoms with Gasteiger partial charge in [0.2, 0.25) is 11.0 Å². The molecule has 1 atom stereocenters. The Balaban J connectivity index is 0.00000144. The molecule has 7 heteroatoms. The third-order valence-electron chi connectivity index (χ3n) is 1.94. The molecule has 0 radical (unpaired) electrons. The summed E-state index contributed by atoms with van der Waals surface area (Å²) in [5.41, 5.74) is 0.171. The molecule has 0 spiro atoms. The van der Waals surface area contributed by atoms with Crippen LogP contribution in [0.1, 0.15) is 24.7 Å². The fraction of sp³-hybridized carbons (Fsp3) is 0.500. The van der Waals surface area contributed by atoms with Crippen LogP contribution in [-0.4, -0.2) is 39.1 Å². The Hall–Kier alpha value is -1.50. The Bertz CT molecular complexity index is 450. The van der Waals surface area contributed by atoms with Crippen molar-refractivity contribution in [2.75, 3.05) is 19.0 Å². The molecular weight excluding hydrogens is 244 g/mol. The number of hydrogen-bond donors (Lipinski definition) is 0. The molecule has 0 fully saturated rings. The molecule has 6 nitrogen and oxygen atoms in total. The molecule has 2 bridgehead atoms. The normalized spacial score (nSPS) is 17.4. The van der Waals surface area contributed by atoms with Crippen LogP contribution < -0.4 is 4.74 Å². The average molecular weight is 258 g/mol. The van der Waals surface area contributed by atoms with Gasteiger partial charge in [-0.15, -0.1) is 0 Å². The van der Waals surface area contributed by atoms with Crippen molar-refractivity contribution in [3.63, 3.8) is 0 Å². The first kappa shape index (κ1) is 13.6. The zero-order valence-electron chi connectivity index (χ0n) is 8.63. The van der Waals surface area contributed by atoms with E-state index in [-0.39, 0.29) is 37.2 Å². The van der Waals surface area contributed by atoms with E-state index in [4.69, 9.17) is 9.47 Å². The molecule has 0 amide bonds.